The van der Waals surface area contributed by atoms with E-state index in [9.17, 15) is 9.59 Å². The molecule has 126 valence electrons. The zero-order valence-corrected chi connectivity index (χ0v) is 14.6. The lowest BCUT2D eigenvalue weighted by molar-refractivity contribution is -0.132. The van der Waals surface area contributed by atoms with Gasteiger partial charge in [0.1, 0.15) is 6.04 Å². The highest BCUT2D eigenvalue weighted by Crippen LogP contribution is 2.17. The van der Waals surface area contributed by atoms with Crippen molar-refractivity contribution in [1.29, 1.82) is 0 Å². The van der Waals surface area contributed by atoms with E-state index in [1.54, 1.807) is 0 Å². The number of nitrogens with one attached hydrogen (secondary N) is 1. The average molecular weight is 342 g/mol. The van der Waals surface area contributed by atoms with Crippen molar-refractivity contribution in [3.05, 3.63) is 57.8 Å². The molecule has 1 saturated heterocycles. The Kier molecular flexibility index (Phi) is 5.30. The highest BCUT2D eigenvalue weighted by atomic mass is 32.1. The van der Waals surface area contributed by atoms with Gasteiger partial charge in [-0.2, -0.15) is 0 Å². The van der Waals surface area contributed by atoms with E-state index in [4.69, 9.17) is 0 Å². The molecule has 3 rings (SSSR count). The summed E-state index contributed by atoms with van der Waals surface area (Å²) in [5, 5.41) is 4.87. The number of carbonyl (C=O) groups is 2. The van der Waals surface area contributed by atoms with Gasteiger partial charge in [0.15, 0.2) is 0 Å². The molecule has 1 aliphatic heterocycles. The van der Waals surface area contributed by atoms with Crippen LogP contribution < -0.4 is 5.32 Å². The molecular weight excluding hydrogens is 320 g/mol. The summed E-state index contributed by atoms with van der Waals surface area (Å²) in [4.78, 5) is 28.0. The van der Waals surface area contributed by atoms with Crippen LogP contribution in [0.2, 0.25) is 0 Å². The third-order valence-electron chi connectivity index (χ3n) is 4.37. The van der Waals surface area contributed by atoms with E-state index in [-0.39, 0.29) is 11.8 Å². The van der Waals surface area contributed by atoms with E-state index < -0.39 is 6.04 Å². The molecule has 1 unspecified atom stereocenters. The fraction of sp³-hybridized carbons (Fsp3) is 0.368. The average Bonchev–Trinajstić information content (AvgIpc) is 3.26. The van der Waals surface area contributed by atoms with E-state index in [0.717, 1.165) is 37.1 Å². The van der Waals surface area contributed by atoms with Crippen LogP contribution in [0.25, 0.3) is 0 Å². The topological polar surface area (TPSA) is 49.4 Å². The standard InChI is InChI=1S/C19H22N2O2S/c1-14-9-12-24-17(14)18(22)20-16(13-15-7-3-2-4-8-15)19(23)21-10-5-6-11-21/h2-4,7-9,12,16H,5-6,10-11,13H2,1H3,(H,20,22). The quantitative estimate of drug-likeness (QED) is 0.908. The molecule has 1 N–H and O–H groups in total. The third kappa shape index (κ3) is 3.85. The lowest BCUT2D eigenvalue weighted by Crippen LogP contribution is -2.48. The van der Waals surface area contributed by atoms with Crippen LogP contribution in [0.3, 0.4) is 0 Å². The van der Waals surface area contributed by atoms with Crippen molar-refractivity contribution in [3.63, 3.8) is 0 Å². The molecule has 1 aromatic carbocycles. The van der Waals surface area contributed by atoms with Gasteiger partial charge in [-0.15, -0.1) is 11.3 Å². The van der Waals surface area contributed by atoms with Gasteiger partial charge in [0.05, 0.1) is 4.88 Å². The number of likely N-dealkylation sites (tertiary alicyclic amines) is 1. The zero-order valence-electron chi connectivity index (χ0n) is 13.8. The second-order valence-electron chi connectivity index (χ2n) is 6.18. The lowest BCUT2D eigenvalue weighted by Gasteiger charge is -2.24. The van der Waals surface area contributed by atoms with Crippen molar-refractivity contribution in [2.75, 3.05) is 13.1 Å². The number of nitrogens with zero attached hydrogens (tertiary/aromatic N) is 1. The molecule has 5 heteroatoms. The number of hydrogen-bond donors (Lipinski definition) is 1. The largest absolute Gasteiger partial charge is 0.341 e. The van der Waals surface area contributed by atoms with Gasteiger partial charge in [0.25, 0.3) is 5.91 Å². The van der Waals surface area contributed by atoms with Crippen molar-refractivity contribution < 1.29 is 9.59 Å². The molecular formula is C19H22N2O2S. The minimum absolute atomic E-state index is 0.0268. The molecule has 0 spiro atoms. The van der Waals surface area contributed by atoms with Crippen molar-refractivity contribution in [3.8, 4) is 0 Å². The molecule has 2 heterocycles. The summed E-state index contributed by atoms with van der Waals surface area (Å²) in [5.41, 5.74) is 2.00. The Morgan fingerprint density at radius 3 is 2.50 bits per heavy atom. The van der Waals surface area contributed by atoms with Gasteiger partial charge in [-0.05, 0) is 42.3 Å². The summed E-state index contributed by atoms with van der Waals surface area (Å²) in [7, 11) is 0. The smallest absolute Gasteiger partial charge is 0.262 e. The Hall–Kier alpha value is -2.14. The maximum atomic E-state index is 12.9. The van der Waals surface area contributed by atoms with E-state index in [1.165, 1.54) is 11.3 Å². The zero-order chi connectivity index (χ0) is 16.9. The Morgan fingerprint density at radius 1 is 1.17 bits per heavy atom. The highest BCUT2D eigenvalue weighted by molar-refractivity contribution is 7.12. The highest BCUT2D eigenvalue weighted by Gasteiger charge is 2.28. The first kappa shape index (κ1) is 16.7. The number of thiophene rings is 1. The molecule has 1 aliphatic rings. The summed E-state index contributed by atoms with van der Waals surface area (Å²) in [5.74, 6) is -0.130. The van der Waals surface area contributed by atoms with Crippen LogP contribution in [0.4, 0.5) is 0 Å². The summed E-state index contributed by atoms with van der Waals surface area (Å²) >= 11 is 1.41. The fourth-order valence-electron chi connectivity index (χ4n) is 3.04. The first-order valence-electron chi connectivity index (χ1n) is 8.33. The maximum absolute atomic E-state index is 12.9. The first-order valence-corrected chi connectivity index (χ1v) is 9.21. The Bertz CT molecular complexity index is 705. The van der Waals surface area contributed by atoms with E-state index in [1.807, 2.05) is 53.6 Å². The van der Waals surface area contributed by atoms with E-state index >= 15 is 0 Å². The number of aryl methyl sites for hydroxylation is 1. The minimum Gasteiger partial charge on any atom is -0.341 e. The molecule has 2 amide bonds. The molecule has 0 bridgehead atoms. The Balaban J connectivity index is 1.77. The van der Waals surface area contributed by atoms with Crippen LogP contribution in [0.5, 0.6) is 0 Å². The van der Waals surface area contributed by atoms with Gasteiger partial charge >= 0.3 is 0 Å². The fourth-order valence-corrected chi connectivity index (χ4v) is 3.87. The van der Waals surface area contributed by atoms with Crippen molar-refractivity contribution in [2.24, 2.45) is 0 Å². The van der Waals surface area contributed by atoms with Crippen LogP contribution in [-0.4, -0.2) is 35.8 Å². The van der Waals surface area contributed by atoms with Crippen LogP contribution in [0, 0.1) is 6.92 Å². The van der Waals surface area contributed by atoms with Crippen LogP contribution >= 0.6 is 11.3 Å². The van der Waals surface area contributed by atoms with Crippen LogP contribution in [0.15, 0.2) is 41.8 Å². The molecule has 1 aromatic heterocycles. The Labute approximate surface area is 146 Å². The van der Waals surface area contributed by atoms with Gasteiger partial charge in [-0.25, -0.2) is 0 Å². The first-order chi connectivity index (χ1) is 11.6. The van der Waals surface area contributed by atoms with Crippen molar-refractivity contribution in [1.82, 2.24) is 10.2 Å². The summed E-state index contributed by atoms with van der Waals surface area (Å²) in [6.45, 7) is 3.50. The predicted molar refractivity (Wildman–Crippen MR) is 96.3 cm³/mol. The second-order valence-corrected chi connectivity index (χ2v) is 7.10. The normalized spacial score (nSPS) is 15.3. The molecule has 1 atom stereocenters. The molecule has 0 saturated carbocycles. The van der Waals surface area contributed by atoms with E-state index in [0.29, 0.717) is 11.3 Å². The number of benzene rings is 1. The van der Waals surface area contributed by atoms with Gasteiger partial charge in [0, 0.05) is 19.5 Å². The summed E-state index contributed by atoms with van der Waals surface area (Å²) in [6, 6.07) is 11.3. The summed E-state index contributed by atoms with van der Waals surface area (Å²) < 4.78 is 0. The number of rotatable bonds is 5. The molecule has 1 fully saturated rings. The van der Waals surface area contributed by atoms with Crippen LogP contribution in [0.1, 0.15) is 33.6 Å². The maximum Gasteiger partial charge on any atom is 0.262 e. The van der Waals surface area contributed by atoms with E-state index in [2.05, 4.69) is 5.32 Å². The van der Waals surface area contributed by atoms with Crippen molar-refractivity contribution >= 4 is 23.2 Å². The number of hydrogen-bond acceptors (Lipinski definition) is 3. The molecule has 4 nitrogen and oxygen atoms in total. The van der Waals surface area contributed by atoms with Gasteiger partial charge in [-0.3, -0.25) is 9.59 Å². The monoisotopic (exact) mass is 342 g/mol. The third-order valence-corrected chi connectivity index (χ3v) is 5.39. The number of carbonyl (C=O) groups excluding carboxylic acids is 2. The van der Waals surface area contributed by atoms with Crippen LogP contribution in [-0.2, 0) is 11.2 Å². The molecule has 24 heavy (non-hydrogen) atoms. The second kappa shape index (κ2) is 7.62. The number of amides is 2. The SMILES string of the molecule is Cc1ccsc1C(=O)NC(Cc1ccccc1)C(=O)N1CCCC1. The summed E-state index contributed by atoms with van der Waals surface area (Å²) in [6.07, 6.45) is 2.61. The molecule has 2 aromatic rings. The van der Waals surface area contributed by atoms with Crippen molar-refractivity contribution in [2.45, 2.75) is 32.2 Å². The van der Waals surface area contributed by atoms with Gasteiger partial charge in [0.2, 0.25) is 5.91 Å². The predicted octanol–water partition coefficient (Wildman–Crippen LogP) is 3.02. The van der Waals surface area contributed by atoms with Gasteiger partial charge in [-0.1, -0.05) is 30.3 Å². The Morgan fingerprint density at radius 2 is 1.88 bits per heavy atom. The lowest BCUT2D eigenvalue weighted by atomic mass is 10.0. The van der Waals surface area contributed by atoms with Gasteiger partial charge < -0.3 is 10.2 Å². The minimum atomic E-state index is -0.514. The molecule has 0 aliphatic carbocycles. The molecule has 0 radical (unpaired) electrons.